The number of hydrogen-bond acceptors (Lipinski definition) is 3. The maximum Gasteiger partial charge on any atom is 0.257 e. The zero-order valence-electron chi connectivity index (χ0n) is 8.94. The largest absolute Gasteiger partial charge is 0.266 e. The summed E-state index contributed by atoms with van der Waals surface area (Å²) in [5, 5.41) is 6.18. The van der Waals surface area contributed by atoms with Crippen LogP contribution in [-0.4, -0.2) is 25.2 Å². The maximum atomic E-state index is 11.7. The minimum atomic E-state index is -3.40. The molecule has 0 radical (unpaired) electrons. The van der Waals surface area contributed by atoms with Crippen molar-refractivity contribution in [3.05, 3.63) is 23.9 Å². The average Bonchev–Trinajstić information content (AvgIpc) is 2.90. The predicted octanol–water partition coefficient (Wildman–Crippen LogP) is 1.19. The van der Waals surface area contributed by atoms with Gasteiger partial charge in [0.25, 0.3) is 10.0 Å². The molecule has 0 spiro atoms. The lowest BCUT2D eigenvalue weighted by Crippen LogP contribution is -2.25. The molecule has 0 aliphatic heterocycles. The first kappa shape index (κ1) is 11.3. The third-order valence-electron chi connectivity index (χ3n) is 2.64. The van der Waals surface area contributed by atoms with Crippen molar-refractivity contribution in [2.75, 3.05) is 6.54 Å². The fraction of sp³-hybridized carbons (Fsp3) is 0.500. The molecule has 2 N–H and O–H groups in total. The molecule has 0 fully saturated rings. The van der Waals surface area contributed by atoms with Crippen LogP contribution < -0.4 is 4.72 Å². The second-order valence-electron chi connectivity index (χ2n) is 3.82. The smallest absolute Gasteiger partial charge is 0.257 e. The van der Waals surface area contributed by atoms with Crippen LogP contribution in [0.5, 0.6) is 0 Å². The Morgan fingerprint density at radius 3 is 3.00 bits per heavy atom. The molecule has 6 heteroatoms. The summed E-state index contributed by atoms with van der Waals surface area (Å²) in [4.78, 5) is 0. The van der Waals surface area contributed by atoms with Crippen LogP contribution in [0.1, 0.15) is 25.7 Å². The maximum absolute atomic E-state index is 11.7. The van der Waals surface area contributed by atoms with E-state index in [0.29, 0.717) is 6.54 Å². The topological polar surface area (TPSA) is 74.8 Å². The molecule has 16 heavy (non-hydrogen) atoms. The van der Waals surface area contributed by atoms with Gasteiger partial charge in [0.1, 0.15) is 0 Å². The molecular formula is C10H15N3O2S. The molecule has 1 aliphatic rings. The third kappa shape index (κ3) is 2.70. The van der Waals surface area contributed by atoms with Crippen LogP contribution in [0.2, 0.25) is 0 Å². The lowest BCUT2D eigenvalue weighted by molar-refractivity contribution is 0.577. The Kier molecular flexibility index (Phi) is 3.40. The van der Waals surface area contributed by atoms with E-state index in [9.17, 15) is 8.42 Å². The van der Waals surface area contributed by atoms with Gasteiger partial charge < -0.3 is 0 Å². The molecule has 0 amide bonds. The molecule has 0 aromatic carbocycles. The number of H-pyrrole nitrogens is 1. The molecule has 1 heterocycles. The molecule has 1 aromatic rings. The highest BCUT2D eigenvalue weighted by Gasteiger charge is 2.14. The van der Waals surface area contributed by atoms with Gasteiger partial charge in [0.15, 0.2) is 5.03 Å². The lowest BCUT2D eigenvalue weighted by Gasteiger charge is -2.04. The number of hydrogen-bond donors (Lipinski definition) is 2. The van der Waals surface area contributed by atoms with Crippen LogP contribution in [-0.2, 0) is 10.0 Å². The summed E-state index contributed by atoms with van der Waals surface area (Å²) in [6, 6.07) is 1.44. The van der Waals surface area contributed by atoms with Crippen molar-refractivity contribution in [2.45, 2.75) is 30.7 Å². The lowest BCUT2D eigenvalue weighted by atomic mass is 10.2. The monoisotopic (exact) mass is 241 g/mol. The van der Waals surface area contributed by atoms with Crippen LogP contribution in [0.4, 0.5) is 0 Å². The van der Waals surface area contributed by atoms with E-state index in [2.05, 4.69) is 21.0 Å². The SMILES string of the molecule is O=S(=O)(NCCC1=CCCC1)c1ccn[nH]1. The van der Waals surface area contributed by atoms with Crippen molar-refractivity contribution in [3.63, 3.8) is 0 Å². The number of nitrogens with one attached hydrogen (secondary N) is 2. The number of aromatic amines is 1. The Hall–Kier alpha value is -1.14. The normalized spacial score (nSPS) is 16.4. The predicted molar refractivity (Wildman–Crippen MR) is 60.3 cm³/mol. The van der Waals surface area contributed by atoms with Crippen molar-refractivity contribution < 1.29 is 8.42 Å². The summed E-state index contributed by atoms with van der Waals surface area (Å²) >= 11 is 0. The Morgan fingerprint density at radius 2 is 2.38 bits per heavy atom. The van der Waals surface area contributed by atoms with Gasteiger partial charge >= 0.3 is 0 Å². The van der Waals surface area contributed by atoms with Gasteiger partial charge in [0.2, 0.25) is 0 Å². The van der Waals surface area contributed by atoms with E-state index in [1.807, 2.05) is 0 Å². The van der Waals surface area contributed by atoms with Crippen molar-refractivity contribution in [1.82, 2.24) is 14.9 Å². The van der Waals surface area contributed by atoms with Gasteiger partial charge in [-0.3, -0.25) is 5.10 Å². The summed E-state index contributed by atoms with van der Waals surface area (Å²) in [5.74, 6) is 0. The molecule has 88 valence electrons. The first-order chi connectivity index (χ1) is 7.68. The van der Waals surface area contributed by atoms with Crippen molar-refractivity contribution in [1.29, 1.82) is 0 Å². The van der Waals surface area contributed by atoms with Crippen molar-refractivity contribution >= 4 is 10.0 Å². The summed E-state index contributed by atoms with van der Waals surface area (Å²) in [6.07, 6.45) is 7.85. The van der Waals surface area contributed by atoms with Gasteiger partial charge in [-0.05, 0) is 31.7 Å². The number of aromatic nitrogens is 2. The van der Waals surface area contributed by atoms with E-state index in [4.69, 9.17) is 0 Å². The zero-order chi connectivity index (χ0) is 11.4. The number of rotatable bonds is 5. The summed E-state index contributed by atoms with van der Waals surface area (Å²) < 4.78 is 25.9. The molecule has 0 saturated carbocycles. The molecule has 0 saturated heterocycles. The molecule has 0 atom stereocenters. The second kappa shape index (κ2) is 4.80. The molecule has 5 nitrogen and oxygen atoms in total. The molecular weight excluding hydrogens is 226 g/mol. The first-order valence-corrected chi connectivity index (χ1v) is 6.84. The van der Waals surface area contributed by atoms with Gasteiger partial charge in [0.05, 0.1) is 6.20 Å². The van der Waals surface area contributed by atoms with E-state index >= 15 is 0 Å². The van der Waals surface area contributed by atoms with Gasteiger partial charge in [-0.25, -0.2) is 13.1 Å². The Labute approximate surface area is 95.0 Å². The second-order valence-corrected chi connectivity index (χ2v) is 5.56. The van der Waals surface area contributed by atoms with Crippen molar-refractivity contribution in [2.24, 2.45) is 0 Å². The molecule has 0 bridgehead atoms. The van der Waals surface area contributed by atoms with Gasteiger partial charge in [-0.2, -0.15) is 5.10 Å². The summed E-state index contributed by atoms with van der Waals surface area (Å²) in [7, 11) is -3.40. The fourth-order valence-corrected chi connectivity index (χ4v) is 2.72. The van der Waals surface area contributed by atoms with Crippen LogP contribution >= 0.6 is 0 Å². The Morgan fingerprint density at radius 1 is 1.50 bits per heavy atom. The van der Waals surface area contributed by atoms with Gasteiger partial charge in [-0.15, -0.1) is 0 Å². The number of allylic oxidation sites excluding steroid dienone is 1. The van der Waals surface area contributed by atoms with E-state index in [1.54, 1.807) is 0 Å². The highest BCUT2D eigenvalue weighted by Crippen LogP contribution is 2.19. The van der Waals surface area contributed by atoms with E-state index in [0.717, 1.165) is 19.3 Å². The average molecular weight is 241 g/mol. The van der Waals surface area contributed by atoms with Crippen LogP contribution in [0.3, 0.4) is 0 Å². The van der Waals surface area contributed by atoms with Gasteiger partial charge in [-0.1, -0.05) is 11.6 Å². The summed E-state index contributed by atoms with van der Waals surface area (Å²) in [6.45, 7) is 0.452. The molecule has 1 aromatic heterocycles. The Balaban J connectivity index is 1.86. The van der Waals surface area contributed by atoms with E-state index in [1.165, 1.54) is 24.3 Å². The quantitative estimate of drug-likeness (QED) is 0.760. The fourth-order valence-electron chi connectivity index (χ4n) is 1.78. The minimum Gasteiger partial charge on any atom is -0.266 e. The summed E-state index contributed by atoms with van der Waals surface area (Å²) in [5.41, 5.74) is 1.35. The van der Waals surface area contributed by atoms with Crippen LogP contribution in [0.15, 0.2) is 28.9 Å². The minimum absolute atomic E-state index is 0.118. The molecule has 0 unspecified atom stereocenters. The van der Waals surface area contributed by atoms with Gasteiger partial charge in [0, 0.05) is 6.54 Å². The van der Waals surface area contributed by atoms with Crippen LogP contribution in [0.25, 0.3) is 0 Å². The number of sulfonamides is 1. The van der Waals surface area contributed by atoms with Crippen LogP contribution in [0, 0.1) is 0 Å². The zero-order valence-corrected chi connectivity index (χ0v) is 9.76. The first-order valence-electron chi connectivity index (χ1n) is 5.35. The highest BCUT2D eigenvalue weighted by atomic mass is 32.2. The Bertz CT molecular complexity index is 462. The van der Waals surface area contributed by atoms with E-state index in [-0.39, 0.29) is 5.03 Å². The molecule has 2 rings (SSSR count). The third-order valence-corrected chi connectivity index (χ3v) is 4.03. The number of nitrogens with zero attached hydrogens (tertiary/aromatic N) is 1. The molecule has 1 aliphatic carbocycles. The standard InChI is InChI=1S/C10H15N3O2S/c14-16(15,10-6-7-11-13-10)12-8-5-9-3-1-2-4-9/h3,6-7,12H,1-2,4-5,8H2,(H,11,13). The van der Waals surface area contributed by atoms with Crippen molar-refractivity contribution in [3.8, 4) is 0 Å². The highest BCUT2D eigenvalue weighted by molar-refractivity contribution is 7.89. The van der Waals surface area contributed by atoms with E-state index < -0.39 is 10.0 Å².